The molecule has 0 bridgehead atoms. The van der Waals surface area contributed by atoms with E-state index in [1.54, 1.807) is 0 Å². The Morgan fingerprint density at radius 3 is 2.67 bits per heavy atom. The molecule has 0 aliphatic carbocycles. The third kappa shape index (κ3) is 12.2. The SMILES string of the molecule is CCSSNC(=O)[O-].[Na+]. The number of rotatable bonds is 3. The zero-order valence-electron chi connectivity index (χ0n) is 5.34. The molecule has 0 atom stereocenters. The van der Waals surface area contributed by atoms with Gasteiger partial charge in [-0.3, -0.25) is 0 Å². The van der Waals surface area contributed by atoms with Gasteiger partial charge in [-0.2, -0.15) is 0 Å². The van der Waals surface area contributed by atoms with Gasteiger partial charge in [-0.05, 0) is 0 Å². The van der Waals surface area contributed by atoms with Crippen molar-refractivity contribution >= 4 is 27.9 Å². The van der Waals surface area contributed by atoms with Crippen LogP contribution in [-0.2, 0) is 0 Å². The van der Waals surface area contributed by atoms with E-state index in [2.05, 4.69) is 0 Å². The van der Waals surface area contributed by atoms with Crippen molar-refractivity contribution in [3.63, 3.8) is 0 Å². The smallest absolute Gasteiger partial charge is 0.529 e. The quantitative estimate of drug-likeness (QED) is 0.218. The van der Waals surface area contributed by atoms with Gasteiger partial charge in [0.05, 0.1) is 0 Å². The van der Waals surface area contributed by atoms with Crippen LogP contribution in [-0.4, -0.2) is 11.8 Å². The second kappa shape index (κ2) is 8.97. The van der Waals surface area contributed by atoms with Crippen molar-refractivity contribution in [3.8, 4) is 0 Å². The van der Waals surface area contributed by atoms with E-state index in [-0.39, 0.29) is 29.6 Å². The molecule has 6 heteroatoms. The van der Waals surface area contributed by atoms with E-state index in [9.17, 15) is 9.90 Å². The minimum atomic E-state index is -1.24. The van der Waals surface area contributed by atoms with Gasteiger partial charge in [-0.1, -0.05) is 17.7 Å². The summed E-state index contributed by atoms with van der Waals surface area (Å²) in [7, 11) is 2.49. The van der Waals surface area contributed by atoms with Crippen LogP contribution in [0.2, 0.25) is 0 Å². The molecule has 0 saturated carbocycles. The summed E-state index contributed by atoms with van der Waals surface area (Å²) in [6.07, 6.45) is -1.24. The predicted molar refractivity (Wildman–Crippen MR) is 34.3 cm³/mol. The Morgan fingerprint density at radius 2 is 2.33 bits per heavy atom. The number of hydrogen-bond acceptors (Lipinski definition) is 4. The molecule has 9 heavy (non-hydrogen) atoms. The Hall–Kier alpha value is 0.970. The van der Waals surface area contributed by atoms with Gasteiger partial charge in [-0.25, -0.2) is 0 Å². The molecule has 0 rings (SSSR count). The second-order valence-electron chi connectivity index (χ2n) is 0.879. The fraction of sp³-hybridized carbons (Fsp3) is 0.667. The van der Waals surface area contributed by atoms with Crippen LogP contribution in [0.4, 0.5) is 4.79 Å². The van der Waals surface area contributed by atoms with Crippen LogP contribution in [0.25, 0.3) is 0 Å². The van der Waals surface area contributed by atoms with Crippen molar-refractivity contribution in [2.45, 2.75) is 6.92 Å². The average Bonchev–Trinajstić information content (AvgIpc) is 1.66. The summed E-state index contributed by atoms with van der Waals surface area (Å²) in [6, 6.07) is 0. The molecule has 0 heterocycles. The van der Waals surface area contributed by atoms with Gasteiger partial charge in [-0.15, -0.1) is 0 Å². The summed E-state index contributed by atoms with van der Waals surface area (Å²) >= 11 is 0. The van der Waals surface area contributed by atoms with Crippen LogP contribution in [0.5, 0.6) is 0 Å². The summed E-state index contributed by atoms with van der Waals surface area (Å²) in [4.78, 5) is 9.62. The Bertz CT molecular complexity index is 82.2. The third-order valence-corrected chi connectivity index (χ3v) is 2.22. The average molecular weight is 175 g/mol. The van der Waals surface area contributed by atoms with Crippen molar-refractivity contribution in [3.05, 3.63) is 0 Å². The van der Waals surface area contributed by atoms with Crippen LogP contribution in [0.1, 0.15) is 6.92 Å². The van der Waals surface area contributed by atoms with E-state index in [4.69, 9.17) is 0 Å². The summed E-state index contributed by atoms with van der Waals surface area (Å²) < 4.78 is 2.03. The molecule has 0 aromatic carbocycles. The predicted octanol–water partition coefficient (Wildman–Crippen LogP) is -2.76. The summed E-state index contributed by atoms with van der Waals surface area (Å²) in [5, 5.41) is 9.62. The molecular formula is C3H6NNaO2S2. The summed E-state index contributed by atoms with van der Waals surface area (Å²) in [5.41, 5.74) is 0. The molecule has 0 aromatic rings. The maximum Gasteiger partial charge on any atom is 1.00 e. The molecule has 48 valence electrons. The van der Waals surface area contributed by atoms with Gasteiger partial charge >= 0.3 is 29.6 Å². The third-order valence-electron chi connectivity index (χ3n) is 0.302. The fourth-order valence-corrected chi connectivity index (χ4v) is 1.10. The van der Waals surface area contributed by atoms with E-state index in [1.807, 2.05) is 11.6 Å². The molecule has 3 nitrogen and oxygen atoms in total. The number of carboxylic acid groups (broad SMARTS) is 1. The van der Waals surface area contributed by atoms with Crippen LogP contribution in [0.15, 0.2) is 0 Å². The molecule has 0 aliphatic rings. The minimum Gasteiger partial charge on any atom is -0.529 e. The van der Waals surface area contributed by atoms with Gasteiger partial charge in [0.25, 0.3) is 0 Å². The van der Waals surface area contributed by atoms with Gasteiger partial charge in [0.2, 0.25) is 0 Å². The van der Waals surface area contributed by atoms with Crippen molar-refractivity contribution in [2.75, 3.05) is 5.75 Å². The maximum absolute atomic E-state index is 9.62. The Balaban J connectivity index is 0. The minimum absolute atomic E-state index is 0. The van der Waals surface area contributed by atoms with Crippen molar-refractivity contribution in [1.82, 2.24) is 4.72 Å². The normalized spacial score (nSPS) is 7.67. The number of carbonyl (C=O) groups excluding carboxylic acids is 1. The largest absolute Gasteiger partial charge is 1.00 e. The molecule has 0 spiro atoms. The first kappa shape index (κ1) is 12.6. The molecule has 0 aromatic heterocycles. The second-order valence-corrected chi connectivity index (χ2v) is 3.27. The zero-order chi connectivity index (χ0) is 6.41. The molecule has 0 radical (unpaired) electrons. The molecule has 0 unspecified atom stereocenters. The molecule has 0 saturated heterocycles. The number of amides is 1. The summed E-state index contributed by atoms with van der Waals surface area (Å²) in [5.74, 6) is 0.880. The first-order valence-corrected chi connectivity index (χ1v) is 4.34. The van der Waals surface area contributed by atoms with Crippen molar-refractivity contribution in [2.24, 2.45) is 0 Å². The number of hydrogen-bond donors (Lipinski definition) is 1. The summed E-state index contributed by atoms with van der Waals surface area (Å²) in [6.45, 7) is 1.94. The first-order valence-electron chi connectivity index (χ1n) is 2.02. The standard InChI is InChI=1S/C3H7NO2S2.Na/c1-2-7-8-4-3(5)6;/h4H,2H2,1H3,(H,5,6);/q;+1/p-1. The Morgan fingerprint density at radius 1 is 1.78 bits per heavy atom. The topological polar surface area (TPSA) is 52.2 Å². The molecule has 1 amide bonds. The van der Waals surface area contributed by atoms with E-state index in [0.717, 1.165) is 16.7 Å². The van der Waals surface area contributed by atoms with Crippen molar-refractivity contribution in [1.29, 1.82) is 0 Å². The van der Waals surface area contributed by atoms with E-state index in [1.165, 1.54) is 10.8 Å². The van der Waals surface area contributed by atoms with Gasteiger partial charge in [0.1, 0.15) is 6.09 Å². The molecular weight excluding hydrogens is 169 g/mol. The van der Waals surface area contributed by atoms with Crippen LogP contribution >= 0.6 is 21.8 Å². The Labute approximate surface area is 84.2 Å². The monoisotopic (exact) mass is 175 g/mol. The fourth-order valence-electron chi connectivity index (χ4n) is 0.122. The maximum atomic E-state index is 9.62. The zero-order valence-corrected chi connectivity index (χ0v) is 8.97. The van der Waals surface area contributed by atoms with E-state index < -0.39 is 6.09 Å². The van der Waals surface area contributed by atoms with Crippen LogP contribution in [0, 0.1) is 0 Å². The van der Waals surface area contributed by atoms with Crippen LogP contribution in [0.3, 0.4) is 0 Å². The molecule has 0 fully saturated rings. The molecule has 0 aliphatic heterocycles. The van der Waals surface area contributed by atoms with Crippen molar-refractivity contribution < 1.29 is 39.5 Å². The number of carbonyl (C=O) groups is 1. The van der Waals surface area contributed by atoms with Gasteiger partial charge < -0.3 is 14.6 Å². The van der Waals surface area contributed by atoms with Gasteiger partial charge in [0.15, 0.2) is 0 Å². The van der Waals surface area contributed by atoms with Gasteiger partial charge in [0, 0.05) is 16.7 Å². The van der Waals surface area contributed by atoms with E-state index >= 15 is 0 Å². The first-order chi connectivity index (χ1) is 3.77. The van der Waals surface area contributed by atoms with E-state index in [0.29, 0.717) is 0 Å². The van der Waals surface area contributed by atoms with Crippen LogP contribution < -0.4 is 39.4 Å². The molecule has 1 N–H and O–H groups in total. The number of nitrogens with one attached hydrogen (secondary N) is 1. The Kier molecular flexibility index (Phi) is 12.6.